The SMILES string of the molecule is CC1Cc2cc(N3CCN(C(=O)OC(C)(C)C)CC3)ccc2N(C)[C@H]1C1CC1. The molecule has 2 heterocycles. The molecule has 2 fully saturated rings. The van der Waals surface area contributed by atoms with Crippen LogP contribution in [0.1, 0.15) is 46.1 Å². The third-order valence-electron chi connectivity index (χ3n) is 6.42. The molecule has 0 N–H and O–H groups in total. The van der Waals surface area contributed by atoms with Gasteiger partial charge in [-0.3, -0.25) is 0 Å². The maximum Gasteiger partial charge on any atom is 0.410 e. The lowest BCUT2D eigenvalue weighted by Crippen LogP contribution is -2.50. The average molecular weight is 386 g/mol. The Balaban J connectivity index is 1.41. The second kappa shape index (κ2) is 7.16. The normalized spacial score (nSPS) is 25.5. The third-order valence-corrected chi connectivity index (χ3v) is 6.42. The van der Waals surface area contributed by atoms with Crippen LogP contribution in [0.3, 0.4) is 0 Å². The monoisotopic (exact) mass is 385 g/mol. The third kappa shape index (κ3) is 3.94. The maximum atomic E-state index is 12.3. The number of fused-ring (bicyclic) bond motifs is 1. The van der Waals surface area contributed by atoms with E-state index in [0.717, 1.165) is 19.0 Å². The zero-order valence-corrected chi connectivity index (χ0v) is 18.1. The Labute approximate surface area is 169 Å². The van der Waals surface area contributed by atoms with E-state index in [1.807, 2.05) is 25.7 Å². The van der Waals surface area contributed by atoms with E-state index in [0.29, 0.717) is 25.0 Å². The summed E-state index contributed by atoms with van der Waals surface area (Å²) >= 11 is 0. The van der Waals surface area contributed by atoms with Crippen molar-refractivity contribution in [3.8, 4) is 0 Å². The molecular formula is C23H35N3O2. The fourth-order valence-corrected chi connectivity index (χ4v) is 4.98. The molecule has 1 saturated carbocycles. The molecule has 1 aliphatic carbocycles. The van der Waals surface area contributed by atoms with E-state index in [-0.39, 0.29) is 6.09 Å². The van der Waals surface area contributed by atoms with E-state index in [1.54, 1.807) is 0 Å². The lowest BCUT2D eigenvalue weighted by Gasteiger charge is -2.42. The molecule has 5 heteroatoms. The summed E-state index contributed by atoms with van der Waals surface area (Å²) in [5, 5.41) is 0. The summed E-state index contributed by atoms with van der Waals surface area (Å²) in [4.78, 5) is 19.1. The second-order valence-electron chi connectivity index (χ2n) is 9.89. The molecule has 4 rings (SSSR count). The number of nitrogens with zero attached hydrogens (tertiary/aromatic N) is 3. The van der Waals surface area contributed by atoms with Gasteiger partial charge in [-0.2, -0.15) is 0 Å². The molecule has 28 heavy (non-hydrogen) atoms. The first kappa shape index (κ1) is 19.4. The van der Waals surface area contributed by atoms with E-state index in [9.17, 15) is 4.79 Å². The summed E-state index contributed by atoms with van der Waals surface area (Å²) in [7, 11) is 2.27. The molecule has 0 spiro atoms. The standard InChI is InChI=1S/C23H35N3O2/c1-16-14-18-15-19(8-9-20(18)24(5)21(16)17-6-7-17)25-10-12-26(13-11-25)22(27)28-23(2,3)4/h8-9,15-17,21H,6-7,10-14H2,1-5H3/t16?,21-/m1/s1. The summed E-state index contributed by atoms with van der Waals surface area (Å²) in [6.45, 7) is 11.3. The van der Waals surface area contributed by atoms with Crippen LogP contribution < -0.4 is 9.80 Å². The molecule has 5 nitrogen and oxygen atoms in total. The van der Waals surface area contributed by atoms with E-state index < -0.39 is 5.60 Å². The van der Waals surface area contributed by atoms with Gasteiger partial charge in [-0.15, -0.1) is 0 Å². The van der Waals surface area contributed by atoms with Crippen molar-refractivity contribution in [3.63, 3.8) is 0 Å². The smallest absolute Gasteiger partial charge is 0.410 e. The van der Waals surface area contributed by atoms with Crippen molar-refractivity contribution in [3.05, 3.63) is 23.8 Å². The molecule has 0 aromatic heterocycles. The molecule has 1 aromatic rings. The fourth-order valence-electron chi connectivity index (χ4n) is 4.98. The van der Waals surface area contributed by atoms with Crippen LogP contribution in [0.25, 0.3) is 0 Å². The first-order valence-electron chi connectivity index (χ1n) is 10.8. The largest absolute Gasteiger partial charge is 0.444 e. The van der Waals surface area contributed by atoms with Crippen molar-refractivity contribution in [2.24, 2.45) is 11.8 Å². The van der Waals surface area contributed by atoms with Gasteiger partial charge in [0.15, 0.2) is 0 Å². The molecule has 2 atom stereocenters. The summed E-state index contributed by atoms with van der Waals surface area (Å²) in [5.41, 5.74) is 3.73. The highest BCUT2D eigenvalue weighted by Crippen LogP contribution is 2.45. The van der Waals surface area contributed by atoms with Crippen LogP contribution in [-0.4, -0.2) is 55.9 Å². The Morgan fingerprint density at radius 1 is 1.11 bits per heavy atom. The van der Waals surface area contributed by atoms with E-state index in [1.165, 1.54) is 36.2 Å². The van der Waals surface area contributed by atoms with Crippen LogP contribution in [0.5, 0.6) is 0 Å². The number of amides is 1. The highest BCUT2D eigenvalue weighted by Gasteiger charge is 2.40. The molecule has 0 radical (unpaired) electrons. The molecule has 154 valence electrons. The zero-order chi connectivity index (χ0) is 20.1. The molecule has 0 bridgehead atoms. The van der Waals surface area contributed by atoms with Crippen LogP contribution in [-0.2, 0) is 11.2 Å². The molecule has 2 aliphatic heterocycles. The van der Waals surface area contributed by atoms with Crippen molar-refractivity contribution in [1.82, 2.24) is 4.90 Å². The number of anilines is 2. The minimum Gasteiger partial charge on any atom is -0.444 e. The number of piperazine rings is 1. The van der Waals surface area contributed by atoms with E-state index in [4.69, 9.17) is 4.74 Å². The number of carbonyl (C=O) groups excluding carboxylic acids is 1. The lowest BCUT2D eigenvalue weighted by molar-refractivity contribution is 0.0240. The summed E-state index contributed by atoms with van der Waals surface area (Å²) < 4.78 is 5.51. The zero-order valence-electron chi connectivity index (χ0n) is 18.1. The number of hydrogen-bond donors (Lipinski definition) is 0. The van der Waals surface area contributed by atoms with Crippen molar-refractivity contribution >= 4 is 17.5 Å². The predicted molar refractivity (Wildman–Crippen MR) is 114 cm³/mol. The van der Waals surface area contributed by atoms with Crippen LogP contribution in [0.4, 0.5) is 16.2 Å². The van der Waals surface area contributed by atoms with Gasteiger partial charge in [0.25, 0.3) is 0 Å². The van der Waals surface area contributed by atoms with Gasteiger partial charge in [0, 0.05) is 50.6 Å². The van der Waals surface area contributed by atoms with Crippen LogP contribution >= 0.6 is 0 Å². The number of ether oxygens (including phenoxy) is 1. The number of rotatable bonds is 2. The average Bonchev–Trinajstić information content (AvgIpc) is 3.45. The predicted octanol–water partition coefficient (Wildman–Crippen LogP) is 4.15. The number of carbonyl (C=O) groups is 1. The Morgan fingerprint density at radius 3 is 2.39 bits per heavy atom. The number of hydrogen-bond acceptors (Lipinski definition) is 4. The molecular weight excluding hydrogens is 350 g/mol. The van der Waals surface area contributed by atoms with Crippen molar-refractivity contribution in [2.75, 3.05) is 43.0 Å². The van der Waals surface area contributed by atoms with Crippen LogP contribution in [0, 0.1) is 11.8 Å². The van der Waals surface area contributed by atoms with Gasteiger partial charge < -0.3 is 19.4 Å². The van der Waals surface area contributed by atoms with Crippen LogP contribution in [0.15, 0.2) is 18.2 Å². The second-order valence-corrected chi connectivity index (χ2v) is 9.89. The van der Waals surface area contributed by atoms with Gasteiger partial charge in [-0.05, 0) is 75.6 Å². The first-order valence-corrected chi connectivity index (χ1v) is 10.8. The first-order chi connectivity index (χ1) is 13.2. The summed E-state index contributed by atoms with van der Waals surface area (Å²) in [6.07, 6.45) is 3.77. The van der Waals surface area contributed by atoms with E-state index >= 15 is 0 Å². The number of benzene rings is 1. The topological polar surface area (TPSA) is 36.0 Å². The van der Waals surface area contributed by atoms with Gasteiger partial charge in [0.2, 0.25) is 0 Å². The van der Waals surface area contributed by atoms with Gasteiger partial charge in [-0.1, -0.05) is 6.92 Å². The maximum absolute atomic E-state index is 12.3. The Morgan fingerprint density at radius 2 is 1.79 bits per heavy atom. The highest BCUT2D eigenvalue weighted by molar-refractivity contribution is 5.69. The minimum atomic E-state index is -0.437. The lowest BCUT2D eigenvalue weighted by atomic mass is 9.84. The molecule has 1 amide bonds. The quantitative estimate of drug-likeness (QED) is 0.766. The Kier molecular flexibility index (Phi) is 4.96. The van der Waals surface area contributed by atoms with Crippen LogP contribution in [0.2, 0.25) is 0 Å². The fraction of sp³-hybridized carbons (Fsp3) is 0.696. The molecule has 3 aliphatic rings. The van der Waals surface area contributed by atoms with Gasteiger partial charge in [0.1, 0.15) is 5.60 Å². The molecule has 1 aromatic carbocycles. The molecule has 1 saturated heterocycles. The summed E-state index contributed by atoms with van der Waals surface area (Å²) in [6, 6.07) is 7.66. The summed E-state index contributed by atoms with van der Waals surface area (Å²) in [5.74, 6) is 1.61. The highest BCUT2D eigenvalue weighted by atomic mass is 16.6. The minimum absolute atomic E-state index is 0.195. The molecule has 1 unspecified atom stereocenters. The van der Waals surface area contributed by atoms with Crippen molar-refractivity contribution in [2.45, 2.75) is 58.6 Å². The van der Waals surface area contributed by atoms with Gasteiger partial charge in [-0.25, -0.2) is 4.79 Å². The van der Waals surface area contributed by atoms with Gasteiger partial charge >= 0.3 is 6.09 Å². The van der Waals surface area contributed by atoms with Gasteiger partial charge in [0.05, 0.1) is 0 Å². The Bertz CT molecular complexity index is 730. The van der Waals surface area contributed by atoms with Crippen molar-refractivity contribution in [1.29, 1.82) is 0 Å². The Hall–Kier alpha value is -1.91. The van der Waals surface area contributed by atoms with Crippen molar-refractivity contribution < 1.29 is 9.53 Å². The van der Waals surface area contributed by atoms with E-state index in [2.05, 4.69) is 42.0 Å².